The van der Waals surface area contributed by atoms with E-state index in [1.54, 1.807) is 0 Å². The molecule has 2 fully saturated rings. The van der Waals surface area contributed by atoms with Crippen LogP contribution in [0.1, 0.15) is 86.5 Å². The highest BCUT2D eigenvalue weighted by atomic mass is 16.5. The van der Waals surface area contributed by atoms with Crippen LogP contribution >= 0.6 is 0 Å². The molecular weight excluding hydrogens is 949 g/mol. The maximum Gasteiger partial charge on any atom is 0.119 e. The zero-order chi connectivity index (χ0) is 52.0. The second-order valence-corrected chi connectivity index (χ2v) is 21.3. The van der Waals surface area contributed by atoms with Gasteiger partial charge in [0.25, 0.3) is 0 Å². The molecule has 0 atom stereocenters. The summed E-state index contributed by atoms with van der Waals surface area (Å²) in [5, 5.41) is 9.77. The molecule has 0 aliphatic heterocycles. The molecule has 2 saturated carbocycles. The van der Waals surface area contributed by atoms with Gasteiger partial charge in [-0.25, -0.2) is 0 Å². The third-order valence-electron chi connectivity index (χ3n) is 16.0. The second kappa shape index (κ2) is 22.4. The fourth-order valence-corrected chi connectivity index (χ4v) is 11.9. The largest absolute Gasteiger partial charge is 0.490 e. The van der Waals surface area contributed by atoms with Gasteiger partial charge in [0, 0.05) is 33.5 Å². The highest BCUT2D eigenvalue weighted by Crippen LogP contribution is 2.42. The van der Waals surface area contributed by atoms with Crippen LogP contribution in [0.5, 0.6) is 11.5 Å². The van der Waals surface area contributed by atoms with Gasteiger partial charge in [0.2, 0.25) is 0 Å². The van der Waals surface area contributed by atoms with Crippen LogP contribution in [0.15, 0.2) is 231 Å². The van der Waals surface area contributed by atoms with Gasteiger partial charge in [-0.2, -0.15) is 0 Å². The van der Waals surface area contributed by atoms with E-state index < -0.39 is 0 Å². The zero-order valence-corrected chi connectivity index (χ0v) is 44.2. The van der Waals surface area contributed by atoms with Crippen molar-refractivity contribution in [1.29, 1.82) is 0 Å². The standard InChI is InChI=1S/C74H64N2O2/c1-3-17-67(18-4-1)77-69-45-41-65(42-46-69)75(73-23-11-15-57-13-7-9-21-71(57)73)63-37-31-53(32-38-63)25-27-55-29-35-59-52-62-50-56(30-36-60(62)51-61(59)49-55)28-26-54-33-39-64(40-34-54)76(74-24-12-16-58-14-8-10-22-72(58)74)66-43-47-70(48-44-66)78-68-19-5-2-6-20-68/h7-16,21-52,67-68H,1-6,17-20H2. The fourth-order valence-electron chi connectivity index (χ4n) is 11.9. The van der Waals surface area contributed by atoms with Crippen LogP contribution in [-0.4, -0.2) is 12.2 Å². The van der Waals surface area contributed by atoms with E-state index in [1.165, 1.54) is 92.7 Å². The Hall–Kier alpha value is -8.86. The van der Waals surface area contributed by atoms with Crippen LogP contribution in [-0.2, 0) is 0 Å². The van der Waals surface area contributed by atoms with Gasteiger partial charge in [-0.1, -0.05) is 158 Å². The number of fused-ring (bicyclic) bond motifs is 4. The third-order valence-corrected chi connectivity index (χ3v) is 16.0. The number of ether oxygens (including phenoxy) is 2. The van der Waals surface area contributed by atoms with Gasteiger partial charge in [0.1, 0.15) is 11.5 Å². The summed E-state index contributed by atoms with van der Waals surface area (Å²) in [7, 11) is 0. The van der Waals surface area contributed by atoms with Crippen molar-refractivity contribution >= 4 is 102 Å². The summed E-state index contributed by atoms with van der Waals surface area (Å²) in [4.78, 5) is 4.73. The molecule has 2 aliphatic carbocycles. The smallest absolute Gasteiger partial charge is 0.119 e. The van der Waals surface area contributed by atoms with E-state index >= 15 is 0 Å². The first kappa shape index (κ1) is 48.8. The maximum atomic E-state index is 6.43. The molecule has 78 heavy (non-hydrogen) atoms. The quantitative estimate of drug-likeness (QED) is 0.0800. The summed E-state index contributed by atoms with van der Waals surface area (Å²) < 4.78 is 12.9. The monoisotopic (exact) mass is 1010 g/mol. The van der Waals surface area contributed by atoms with Crippen LogP contribution in [0, 0.1) is 0 Å². The molecule has 382 valence electrons. The summed E-state index contributed by atoms with van der Waals surface area (Å²) in [5.41, 5.74) is 11.3. The van der Waals surface area contributed by atoms with E-state index in [4.69, 9.17) is 9.47 Å². The lowest BCUT2D eigenvalue weighted by molar-refractivity contribution is 0.155. The Bertz CT molecular complexity index is 3650. The Balaban J connectivity index is 0.708. The maximum absolute atomic E-state index is 6.43. The minimum Gasteiger partial charge on any atom is -0.490 e. The molecule has 2 aliphatic rings. The summed E-state index contributed by atoms with van der Waals surface area (Å²) in [5.74, 6) is 1.89. The van der Waals surface area contributed by atoms with Crippen molar-refractivity contribution in [2.75, 3.05) is 9.80 Å². The predicted molar refractivity (Wildman–Crippen MR) is 332 cm³/mol. The average Bonchev–Trinajstić information content (AvgIpc) is 3.56. The van der Waals surface area contributed by atoms with Gasteiger partial charge in [0.05, 0.1) is 23.6 Å². The van der Waals surface area contributed by atoms with Crippen LogP contribution in [0.25, 0.3) is 67.4 Å². The van der Waals surface area contributed by atoms with E-state index in [0.29, 0.717) is 12.2 Å². The summed E-state index contributed by atoms with van der Waals surface area (Å²) in [6.07, 6.45) is 21.7. The van der Waals surface area contributed by atoms with Crippen LogP contribution in [0.2, 0.25) is 0 Å². The Labute approximate surface area is 459 Å². The molecule has 11 aromatic carbocycles. The van der Waals surface area contributed by atoms with E-state index in [2.05, 4.69) is 265 Å². The van der Waals surface area contributed by atoms with Crippen molar-refractivity contribution in [3.8, 4) is 11.5 Å². The van der Waals surface area contributed by atoms with Crippen molar-refractivity contribution in [2.24, 2.45) is 0 Å². The van der Waals surface area contributed by atoms with Crippen LogP contribution < -0.4 is 19.3 Å². The number of benzene rings is 11. The highest BCUT2D eigenvalue weighted by Gasteiger charge is 2.20. The van der Waals surface area contributed by atoms with Gasteiger partial charge < -0.3 is 19.3 Å². The van der Waals surface area contributed by atoms with E-state index in [9.17, 15) is 0 Å². The Morgan fingerprint density at radius 2 is 0.628 bits per heavy atom. The van der Waals surface area contributed by atoms with Crippen LogP contribution in [0.4, 0.5) is 34.1 Å². The molecule has 0 unspecified atom stereocenters. The van der Waals surface area contributed by atoms with Gasteiger partial charge in [-0.3, -0.25) is 0 Å². The third kappa shape index (κ3) is 10.8. The lowest BCUT2D eigenvalue weighted by Gasteiger charge is -2.27. The minimum absolute atomic E-state index is 0.317. The molecule has 0 aromatic heterocycles. The molecule has 4 nitrogen and oxygen atoms in total. The van der Waals surface area contributed by atoms with E-state index in [0.717, 1.165) is 82.4 Å². The molecule has 0 bridgehead atoms. The fraction of sp³-hybridized carbons (Fsp3) is 0.162. The van der Waals surface area contributed by atoms with Crippen molar-refractivity contribution in [2.45, 2.75) is 76.4 Å². The number of hydrogen-bond donors (Lipinski definition) is 0. The normalized spacial score (nSPS) is 14.5. The van der Waals surface area contributed by atoms with E-state index in [1.807, 2.05) is 0 Å². The average molecular weight is 1010 g/mol. The molecule has 0 saturated heterocycles. The molecule has 0 spiro atoms. The molecule has 4 heteroatoms. The zero-order valence-electron chi connectivity index (χ0n) is 44.2. The molecule has 0 radical (unpaired) electrons. The molecule has 13 rings (SSSR count). The molecule has 0 heterocycles. The lowest BCUT2D eigenvalue weighted by atomic mass is 9.98. The van der Waals surface area contributed by atoms with Gasteiger partial charge in [-0.05, 0) is 215 Å². The SMILES string of the molecule is C(=Cc1ccc2cc3cc(C=Cc4ccc(N(c5ccc(OC6CCCCC6)cc5)c5cccc6ccccc56)cc4)ccc3cc2c1)c1ccc(N(c2ccc(OC3CCCCC3)cc2)c2cccc3ccccc23)cc1. The first-order chi connectivity index (χ1) is 38.6. The molecule has 0 amide bonds. The van der Waals surface area contributed by atoms with Crippen molar-refractivity contribution in [3.63, 3.8) is 0 Å². The summed E-state index contributed by atoms with van der Waals surface area (Å²) in [6, 6.07) is 83.7. The topological polar surface area (TPSA) is 24.9 Å². The molecule has 11 aromatic rings. The Morgan fingerprint density at radius 1 is 0.282 bits per heavy atom. The first-order valence-corrected chi connectivity index (χ1v) is 28.2. The van der Waals surface area contributed by atoms with E-state index in [-0.39, 0.29) is 0 Å². The predicted octanol–water partition coefficient (Wildman–Crippen LogP) is 21.0. The summed E-state index contributed by atoms with van der Waals surface area (Å²) >= 11 is 0. The van der Waals surface area contributed by atoms with Gasteiger partial charge in [0.15, 0.2) is 0 Å². The summed E-state index contributed by atoms with van der Waals surface area (Å²) in [6.45, 7) is 0. The first-order valence-electron chi connectivity index (χ1n) is 28.2. The number of rotatable bonds is 14. The molecule has 0 N–H and O–H groups in total. The number of nitrogens with zero attached hydrogens (tertiary/aromatic N) is 2. The minimum atomic E-state index is 0.317. The lowest BCUT2D eigenvalue weighted by Crippen LogP contribution is -2.19. The Morgan fingerprint density at radius 3 is 1.04 bits per heavy atom. The Kier molecular flexibility index (Phi) is 14.0. The van der Waals surface area contributed by atoms with Crippen molar-refractivity contribution in [1.82, 2.24) is 0 Å². The highest BCUT2D eigenvalue weighted by molar-refractivity contribution is 6.02. The number of anilines is 6. The van der Waals surface area contributed by atoms with Crippen LogP contribution in [0.3, 0.4) is 0 Å². The number of hydrogen-bond acceptors (Lipinski definition) is 4. The van der Waals surface area contributed by atoms with Gasteiger partial charge >= 0.3 is 0 Å². The van der Waals surface area contributed by atoms with Crippen molar-refractivity contribution in [3.05, 3.63) is 253 Å². The van der Waals surface area contributed by atoms with Gasteiger partial charge in [-0.15, -0.1) is 0 Å². The van der Waals surface area contributed by atoms with Crippen molar-refractivity contribution < 1.29 is 9.47 Å². The molecular formula is C74H64N2O2. The second-order valence-electron chi connectivity index (χ2n) is 21.3.